The summed E-state index contributed by atoms with van der Waals surface area (Å²) < 4.78 is 0. The normalized spacial score (nSPS) is 29.1. The number of hydrogen-bond acceptors (Lipinski definition) is 3. The summed E-state index contributed by atoms with van der Waals surface area (Å²) >= 11 is 0. The molecule has 0 bridgehead atoms. The van der Waals surface area contributed by atoms with E-state index < -0.39 is 17.8 Å². The third-order valence-electron chi connectivity index (χ3n) is 4.15. The third kappa shape index (κ3) is 3.56. The van der Waals surface area contributed by atoms with E-state index in [0.29, 0.717) is 12.8 Å². The van der Waals surface area contributed by atoms with Gasteiger partial charge < -0.3 is 15.3 Å². The summed E-state index contributed by atoms with van der Waals surface area (Å²) in [4.78, 5) is 25.7. The molecule has 5 nitrogen and oxygen atoms in total. The zero-order chi connectivity index (χ0) is 13.8. The van der Waals surface area contributed by atoms with Crippen LogP contribution in [-0.2, 0) is 9.59 Å². The van der Waals surface area contributed by atoms with E-state index in [1.807, 2.05) is 12.2 Å². The van der Waals surface area contributed by atoms with E-state index in [4.69, 9.17) is 0 Å². The lowest BCUT2D eigenvalue weighted by atomic mass is 9.82. The summed E-state index contributed by atoms with van der Waals surface area (Å²) in [5.41, 5.74) is 0. The summed E-state index contributed by atoms with van der Waals surface area (Å²) in [6, 6.07) is 0.198. The third-order valence-corrected chi connectivity index (χ3v) is 4.15. The number of nitrogens with one attached hydrogen (secondary N) is 1. The minimum Gasteiger partial charge on any atom is -0.481 e. The van der Waals surface area contributed by atoms with Crippen LogP contribution in [0.15, 0.2) is 12.2 Å². The SMILES string of the molecule is CN1CCC(NC(=O)C2CC=CCC2C(=O)O)CC1. The fourth-order valence-corrected chi connectivity index (χ4v) is 2.84. The highest BCUT2D eigenvalue weighted by atomic mass is 16.4. The average molecular weight is 266 g/mol. The Bertz CT molecular complexity index is 373. The predicted octanol–water partition coefficient (Wildman–Crippen LogP) is 0.864. The second kappa shape index (κ2) is 6.19. The zero-order valence-electron chi connectivity index (χ0n) is 11.3. The molecule has 1 saturated heterocycles. The molecule has 2 rings (SSSR count). The fourth-order valence-electron chi connectivity index (χ4n) is 2.84. The molecule has 0 aromatic rings. The molecule has 2 unspecified atom stereocenters. The van der Waals surface area contributed by atoms with Crippen molar-refractivity contribution in [3.8, 4) is 0 Å². The van der Waals surface area contributed by atoms with Gasteiger partial charge in [-0.25, -0.2) is 0 Å². The number of carbonyl (C=O) groups is 2. The number of aliphatic carboxylic acids is 1. The molecular formula is C14H22N2O3. The zero-order valence-corrected chi connectivity index (χ0v) is 11.3. The van der Waals surface area contributed by atoms with Gasteiger partial charge in [-0.1, -0.05) is 12.2 Å². The Balaban J connectivity index is 1.91. The number of carboxylic acids is 1. The number of rotatable bonds is 3. The monoisotopic (exact) mass is 266 g/mol. The van der Waals surface area contributed by atoms with E-state index in [2.05, 4.69) is 17.3 Å². The van der Waals surface area contributed by atoms with Crippen molar-refractivity contribution >= 4 is 11.9 Å². The van der Waals surface area contributed by atoms with Crippen LogP contribution in [0.2, 0.25) is 0 Å². The molecule has 2 aliphatic rings. The molecule has 1 fully saturated rings. The molecule has 0 saturated carbocycles. The number of amides is 1. The van der Waals surface area contributed by atoms with Crippen molar-refractivity contribution in [2.75, 3.05) is 20.1 Å². The Morgan fingerprint density at radius 2 is 1.74 bits per heavy atom. The first kappa shape index (κ1) is 14.1. The second-order valence-electron chi connectivity index (χ2n) is 5.58. The molecule has 1 aliphatic heterocycles. The largest absolute Gasteiger partial charge is 0.481 e. The maximum absolute atomic E-state index is 12.2. The van der Waals surface area contributed by atoms with Crippen LogP contribution in [0.25, 0.3) is 0 Å². The van der Waals surface area contributed by atoms with Crippen molar-refractivity contribution in [1.82, 2.24) is 10.2 Å². The summed E-state index contributed by atoms with van der Waals surface area (Å²) in [5.74, 6) is -1.95. The lowest BCUT2D eigenvalue weighted by molar-refractivity contribution is -0.147. The Morgan fingerprint density at radius 1 is 1.16 bits per heavy atom. The quantitative estimate of drug-likeness (QED) is 0.744. The molecule has 0 aromatic carbocycles. The highest BCUT2D eigenvalue weighted by Crippen LogP contribution is 2.26. The van der Waals surface area contributed by atoms with Crippen molar-refractivity contribution in [1.29, 1.82) is 0 Å². The highest BCUT2D eigenvalue weighted by molar-refractivity contribution is 5.85. The molecule has 0 radical (unpaired) electrons. The van der Waals surface area contributed by atoms with Gasteiger partial charge in [-0.2, -0.15) is 0 Å². The van der Waals surface area contributed by atoms with E-state index >= 15 is 0 Å². The van der Waals surface area contributed by atoms with E-state index in [0.717, 1.165) is 25.9 Å². The van der Waals surface area contributed by atoms with Crippen molar-refractivity contribution in [3.63, 3.8) is 0 Å². The summed E-state index contributed by atoms with van der Waals surface area (Å²) in [7, 11) is 2.07. The van der Waals surface area contributed by atoms with E-state index in [-0.39, 0.29) is 11.9 Å². The highest BCUT2D eigenvalue weighted by Gasteiger charge is 2.34. The molecule has 1 heterocycles. The first-order chi connectivity index (χ1) is 9.08. The number of carbonyl (C=O) groups excluding carboxylic acids is 1. The Labute approximate surface area is 113 Å². The van der Waals surface area contributed by atoms with Crippen LogP contribution < -0.4 is 5.32 Å². The van der Waals surface area contributed by atoms with Gasteiger partial charge >= 0.3 is 5.97 Å². The summed E-state index contributed by atoms with van der Waals surface area (Å²) in [5, 5.41) is 12.2. The van der Waals surface area contributed by atoms with Crippen LogP contribution in [0, 0.1) is 11.8 Å². The van der Waals surface area contributed by atoms with Gasteiger partial charge in [0.05, 0.1) is 11.8 Å². The number of carboxylic acid groups (broad SMARTS) is 1. The van der Waals surface area contributed by atoms with E-state index in [1.165, 1.54) is 0 Å². The summed E-state index contributed by atoms with van der Waals surface area (Å²) in [6.45, 7) is 1.97. The van der Waals surface area contributed by atoms with Gasteiger partial charge in [0.1, 0.15) is 0 Å². The van der Waals surface area contributed by atoms with Crippen LogP contribution >= 0.6 is 0 Å². The van der Waals surface area contributed by atoms with Crippen molar-refractivity contribution in [3.05, 3.63) is 12.2 Å². The minimum absolute atomic E-state index is 0.0914. The molecule has 2 atom stereocenters. The number of allylic oxidation sites excluding steroid dienone is 2. The number of likely N-dealkylation sites (tertiary alicyclic amines) is 1. The van der Waals surface area contributed by atoms with Crippen LogP contribution in [0.3, 0.4) is 0 Å². The van der Waals surface area contributed by atoms with Gasteiger partial charge in [0.2, 0.25) is 5.91 Å². The van der Waals surface area contributed by atoms with Gasteiger partial charge in [0.25, 0.3) is 0 Å². The number of nitrogens with zero attached hydrogens (tertiary/aromatic N) is 1. The van der Waals surface area contributed by atoms with Crippen LogP contribution in [0.4, 0.5) is 0 Å². The van der Waals surface area contributed by atoms with Crippen molar-refractivity contribution < 1.29 is 14.7 Å². The number of piperidine rings is 1. The lowest BCUT2D eigenvalue weighted by Crippen LogP contribution is -2.47. The second-order valence-corrected chi connectivity index (χ2v) is 5.58. The molecule has 19 heavy (non-hydrogen) atoms. The standard InChI is InChI=1S/C14H22N2O3/c1-16-8-6-10(7-9-16)15-13(17)11-4-2-3-5-12(11)14(18)19/h2-3,10-12H,4-9H2,1H3,(H,15,17)(H,18,19). The Kier molecular flexibility index (Phi) is 4.58. The maximum atomic E-state index is 12.2. The van der Waals surface area contributed by atoms with Gasteiger partial charge in [-0.3, -0.25) is 9.59 Å². The van der Waals surface area contributed by atoms with E-state index in [1.54, 1.807) is 0 Å². The molecular weight excluding hydrogens is 244 g/mol. The first-order valence-corrected chi connectivity index (χ1v) is 6.94. The minimum atomic E-state index is -0.868. The fraction of sp³-hybridized carbons (Fsp3) is 0.714. The maximum Gasteiger partial charge on any atom is 0.307 e. The molecule has 1 amide bonds. The molecule has 1 aliphatic carbocycles. The lowest BCUT2D eigenvalue weighted by Gasteiger charge is -2.32. The van der Waals surface area contributed by atoms with Gasteiger partial charge in [-0.05, 0) is 45.8 Å². The first-order valence-electron chi connectivity index (χ1n) is 6.94. The van der Waals surface area contributed by atoms with Crippen LogP contribution in [-0.4, -0.2) is 48.1 Å². The van der Waals surface area contributed by atoms with Crippen LogP contribution in [0.5, 0.6) is 0 Å². The van der Waals surface area contributed by atoms with Gasteiger partial charge in [0.15, 0.2) is 0 Å². The molecule has 5 heteroatoms. The molecule has 106 valence electrons. The Hall–Kier alpha value is -1.36. The topological polar surface area (TPSA) is 69.6 Å². The molecule has 2 N–H and O–H groups in total. The smallest absolute Gasteiger partial charge is 0.307 e. The average Bonchev–Trinajstić information content (AvgIpc) is 2.41. The van der Waals surface area contributed by atoms with Crippen LogP contribution in [0.1, 0.15) is 25.7 Å². The van der Waals surface area contributed by atoms with Gasteiger partial charge in [0, 0.05) is 6.04 Å². The molecule has 0 spiro atoms. The molecule has 0 aromatic heterocycles. The van der Waals surface area contributed by atoms with Gasteiger partial charge in [-0.15, -0.1) is 0 Å². The van der Waals surface area contributed by atoms with Crippen molar-refractivity contribution in [2.45, 2.75) is 31.7 Å². The predicted molar refractivity (Wildman–Crippen MR) is 71.7 cm³/mol. The van der Waals surface area contributed by atoms with E-state index in [9.17, 15) is 14.7 Å². The Morgan fingerprint density at radius 3 is 2.32 bits per heavy atom. The number of hydrogen-bond donors (Lipinski definition) is 2. The summed E-state index contributed by atoms with van der Waals surface area (Å²) in [6.07, 6.45) is 6.66. The van der Waals surface area contributed by atoms with Crippen molar-refractivity contribution in [2.24, 2.45) is 11.8 Å².